The van der Waals surface area contributed by atoms with E-state index in [1.54, 1.807) is 27.0 Å². The number of rotatable bonds is 1. The van der Waals surface area contributed by atoms with Crippen molar-refractivity contribution in [3.8, 4) is 0 Å². The van der Waals surface area contributed by atoms with E-state index < -0.39 is 17.6 Å². The summed E-state index contributed by atoms with van der Waals surface area (Å²) in [5.74, 6) is -1.01. The first-order valence-electron chi connectivity index (χ1n) is 7.29. The Morgan fingerprint density at radius 2 is 1.76 bits per heavy atom. The minimum absolute atomic E-state index is 0.0124. The standard InChI is InChI=1S/C12H17ClN6O3S.C2H6/c1-12(2,3)22-11(21)19-10(23-4)18-9(20)5-7(14)17-8(15)6(13)16-5;1-2/h1-4H3,(H4,14,15,17)(H,18,19,20,21);1-2H3. The average molecular weight is 391 g/mol. The van der Waals surface area contributed by atoms with Crippen LogP contribution in [-0.4, -0.2) is 39.0 Å². The molecule has 5 N–H and O–H groups in total. The number of ether oxygens (including phenoxy) is 1. The monoisotopic (exact) mass is 390 g/mol. The number of amidine groups is 1. The maximum Gasteiger partial charge on any atom is 0.436 e. The average Bonchev–Trinajstić information content (AvgIpc) is 2.50. The number of amides is 2. The summed E-state index contributed by atoms with van der Waals surface area (Å²) < 4.78 is 5.03. The largest absolute Gasteiger partial charge is 0.442 e. The molecule has 0 fully saturated rings. The lowest BCUT2D eigenvalue weighted by Gasteiger charge is -2.17. The topological polar surface area (TPSA) is 146 Å². The van der Waals surface area contributed by atoms with Crippen molar-refractivity contribution >= 4 is 52.2 Å². The highest BCUT2D eigenvalue weighted by Gasteiger charge is 2.20. The molecule has 25 heavy (non-hydrogen) atoms. The number of nitrogens with two attached hydrogens (primary N) is 2. The van der Waals surface area contributed by atoms with Gasteiger partial charge < -0.3 is 16.2 Å². The number of nitrogens with one attached hydrogen (secondary N) is 1. The lowest BCUT2D eigenvalue weighted by atomic mass is 10.2. The number of aromatic nitrogens is 2. The molecule has 11 heteroatoms. The number of nitrogens with zero attached hydrogens (tertiary/aromatic N) is 3. The van der Waals surface area contributed by atoms with E-state index in [0.29, 0.717) is 0 Å². The van der Waals surface area contributed by atoms with Gasteiger partial charge in [-0.25, -0.2) is 14.8 Å². The van der Waals surface area contributed by atoms with Crippen molar-refractivity contribution in [2.24, 2.45) is 4.99 Å². The summed E-state index contributed by atoms with van der Waals surface area (Å²) in [5.41, 5.74) is 10.1. The zero-order valence-corrected chi connectivity index (χ0v) is 16.6. The zero-order chi connectivity index (χ0) is 19.8. The van der Waals surface area contributed by atoms with Crippen molar-refractivity contribution in [1.82, 2.24) is 15.3 Å². The van der Waals surface area contributed by atoms with Crippen LogP contribution in [0.2, 0.25) is 5.15 Å². The number of thioether (sulfide) groups is 1. The first kappa shape index (κ1) is 22.9. The van der Waals surface area contributed by atoms with Crippen LogP contribution in [0.1, 0.15) is 45.1 Å². The van der Waals surface area contributed by atoms with Gasteiger partial charge in [0, 0.05) is 0 Å². The van der Waals surface area contributed by atoms with Crippen molar-refractivity contribution in [2.45, 2.75) is 40.2 Å². The van der Waals surface area contributed by atoms with Gasteiger partial charge in [0.25, 0.3) is 5.91 Å². The molecule has 9 nitrogen and oxygen atoms in total. The molecule has 0 aromatic carbocycles. The number of carbonyl (C=O) groups is 2. The predicted molar refractivity (Wildman–Crippen MR) is 102 cm³/mol. The van der Waals surface area contributed by atoms with Gasteiger partial charge in [-0.3, -0.25) is 10.1 Å². The Morgan fingerprint density at radius 3 is 2.24 bits per heavy atom. The van der Waals surface area contributed by atoms with Gasteiger partial charge in [0.2, 0.25) is 0 Å². The van der Waals surface area contributed by atoms with Crippen LogP contribution in [0, 0.1) is 0 Å². The second-order valence-corrected chi connectivity index (χ2v) is 6.34. The van der Waals surface area contributed by atoms with E-state index >= 15 is 0 Å². The zero-order valence-electron chi connectivity index (χ0n) is 15.0. The van der Waals surface area contributed by atoms with Crippen LogP contribution in [-0.2, 0) is 4.74 Å². The van der Waals surface area contributed by atoms with E-state index in [1.165, 1.54) is 0 Å². The van der Waals surface area contributed by atoms with Crippen molar-refractivity contribution in [3.05, 3.63) is 10.8 Å². The van der Waals surface area contributed by atoms with Gasteiger partial charge in [0.15, 0.2) is 27.7 Å². The third-order valence-electron chi connectivity index (χ3n) is 2.12. The Bertz CT molecular complexity index is 661. The van der Waals surface area contributed by atoms with Gasteiger partial charge in [-0.1, -0.05) is 37.2 Å². The van der Waals surface area contributed by atoms with Gasteiger partial charge in [-0.15, -0.1) is 0 Å². The third-order valence-corrected chi connectivity index (χ3v) is 2.98. The van der Waals surface area contributed by atoms with Crippen molar-refractivity contribution in [2.75, 3.05) is 17.7 Å². The molecule has 0 spiro atoms. The fourth-order valence-corrected chi connectivity index (χ4v) is 1.74. The predicted octanol–water partition coefficient (Wildman–Crippen LogP) is 2.70. The minimum atomic E-state index is -0.837. The highest BCUT2D eigenvalue weighted by molar-refractivity contribution is 8.13. The van der Waals surface area contributed by atoms with E-state index in [4.69, 9.17) is 27.8 Å². The van der Waals surface area contributed by atoms with Crippen molar-refractivity contribution < 1.29 is 14.3 Å². The van der Waals surface area contributed by atoms with Gasteiger partial charge >= 0.3 is 6.09 Å². The Hall–Kier alpha value is -2.07. The molecule has 0 atom stereocenters. The van der Waals surface area contributed by atoms with Crippen LogP contribution < -0.4 is 16.8 Å². The minimum Gasteiger partial charge on any atom is -0.442 e. The van der Waals surface area contributed by atoms with E-state index in [-0.39, 0.29) is 27.7 Å². The van der Waals surface area contributed by atoms with Gasteiger partial charge in [0.05, 0.1) is 0 Å². The smallest absolute Gasteiger partial charge is 0.436 e. The molecule has 0 unspecified atom stereocenters. The number of anilines is 2. The van der Waals surface area contributed by atoms with Gasteiger partial charge in [-0.2, -0.15) is 4.99 Å². The van der Waals surface area contributed by atoms with Crippen LogP contribution in [0.25, 0.3) is 0 Å². The molecule has 0 saturated heterocycles. The quantitative estimate of drug-likeness (QED) is 0.490. The van der Waals surface area contributed by atoms with Crippen LogP contribution in [0.3, 0.4) is 0 Å². The molecular weight excluding hydrogens is 368 g/mol. The van der Waals surface area contributed by atoms with Gasteiger partial charge in [-0.05, 0) is 27.0 Å². The van der Waals surface area contributed by atoms with Crippen molar-refractivity contribution in [1.29, 1.82) is 0 Å². The molecule has 0 radical (unpaired) electrons. The molecule has 0 aliphatic rings. The van der Waals surface area contributed by atoms with Crippen molar-refractivity contribution in [3.63, 3.8) is 0 Å². The fourth-order valence-electron chi connectivity index (χ4n) is 1.26. The van der Waals surface area contributed by atoms with Gasteiger partial charge in [0.1, 0.15) is 5.60 Å². The van der Waals surface area contributed by atoms with Crippen LogP contribution in [0.15, 0.2) is 4.99 Å². The second-order valence-electron chi connectivity index (χ2n) is 5.19. The molecule has 140 valence electrons. The summed E-state index contributed by atoms with van der Waals surface area (Å²) in [4.78, 5) is 34.9. The van der Waals surface area contributed by atoms with Crippen LogP contribution >= 0.6 is 23.4 Å². The normalized spacial score (nSPS) is 11.2. The number of hydrogen-bond donors (Lipinski definition) is 3. The molecule has 0 aliphatic carbocycles. The molecule has 1 heterocycles. The summed E-state index contributed by atoms with van der Waals surface area (Å²) in [6, 6.07) is 0. The fraction of sp³-hybridized carbons (Fsp3) is 0.500. The SMILES string of the molecule is CC.CS/C(=N\C(=O)OC(C)(C)C)NC(=O)c1nc(Cl)c(N)nc1N. The highest BCUT2D eigenvalue weighted by atomic mass is 35.5. The second kappa shape index (κ2) is 10.0. The molecule has 2 amide bonds. The Labute approximate surface area is 156 Å². The summed E-state index contributed by atoms with van der Waals surface area (Å²) in [7, 11) is 0. The maximum atomic E-state index is 12.1. The summed E-state index contributed by atoms with van der Waals surface area (Å²) in [6.45, 7) is 9.10. The first-order chi connectivity index (χ1) is 11.5. The lowest BCUT2D eigenvalue weighted by Crippen LogP contribution is -2.31. The van der Waals surface area contributed by atoms with E-state index in [2.05, 4.69) is 20.3 Å². The van der Waals surface area contributed by atoms with E-state index in [0.717, 1.165) is 11.8 Å². The Kier molecular flexibility index (Phi) is 9.21. The third kappa shape index (κ3) is 8.03. The first-order valence-corrected chi connectivity index (χ1v) is 8.89. The number of halogens is 1. The summed E-state index contributed by atoms with van der Waals surface area (Å²) in [5, 5.41) is 2.24. The maximum absolute atomic E-state index is 12.1. The molecule has 1 aromatic heterocycles. The lowest BCUT2D eigenvalue weighted by molar-refractivity contribution is 0.0604. The molecule has 1 rings (SSSR count). The molecule has 0 saturated carbocycles. The number of aliphatic imine (C=N–C) groups is 1. The molecule has 0 aliphatic heterocycles. The number of carbonyl (C=O) groups excluding carboxylic acids is 2. The van der Waals surface area contributed by atoms with E-state index in [9.17, 15) is 9.59 Å². The summed E-state index contributed by atoms with van der Waals surface area (Å²) >= 11 is 6.74. The summed E-state index contributed by atoms with van der Waals surface area (Å²) in [6.07, 6.45) is 0.783. The molecule has 1 aromatic rings. The molecule has 0 bridgehead atoms. The number of nitrogen functional groups attached to an aromatic ring is 2. The van der Waals surface area contributed by atoms with E-state index in [1.807, 2.05) is 13.8 Å². The number of hydrogen-bond acceptors (Lipinski definition) is 8. The van der Waals surface area contributed by atoms with Crippen LogP contribution in [0.4, 0.5) is 16.4 Å². The Morgan fingerprint density at radius 1 is 1.20 bits per heavy atom. The van der Waals surface area contributed by atoms with Crippen LogP contribution in [0.5, 0.6) is 0 Å². The molecular formula is C14H23ClN6O3S. The Balaban J connectivity index is 0.00000277. The highest BCUT2D eigenvalue weighted by Crippen LogP contribution is 2.17.